The second kappa shape index (κ2) is 16.7. The van der Waals surface area contributed by atoms with Crippen molar-refractivity contribution in [3.8, 4) is 0 Å². The van der Waals surface area contributed by atoms with Gasteiger partial charge in [-0.1, -0.05) is 77.2 Å². The first kappa shape index (κ1) is 17.7. The van der Waals surface area contributed by atoms with Crippen molar-refractivity contribution in [2.75, 3.05) is 13.2 Å². The van der Waals surface area contributed by atoms with Gasteiger partial charge in [0.05, 0.1) is 6.61 Å². The number of hydroxylamine groups is 1. The van der Waals surface area contributed by atoms with Crippen LogP contribution in [-0.2, 0) is 4.84 Å². The van der Waals surface area contributed by atoms with Gasteiger partial charge < -0.3 is 0 Å². The van der Waals surface area contributed by atoms with Crippen LogP contribution in [0.25, 0.3) is 0 Å². The van der Waals surface area contributed by atoms with Crippen LogP contribution < -0.4 is 5.48 Å². The summed E-state index contributed by atoms with van der Waals surface area (Å²) in [6.45, 7) is 7.43. The molecular weight excluding hydrogens is 222 g/mol. The van der Waals surface area contributed by atoms with Gasteiger partial charge in [0.2, 0.25) is 0 Å². The normalized spacial score (nSPS) is 10.7. The van der Waals surface area contributed by atoms with Gasteiger partial charge in [0.25, 0.3) is 0 Å². The minimum atomic E-state index is 0.595. The zero-order valence-corrected chi connectivity index (χ0v) is 12.4. The summed E-state index contributed by atoms with van der Waals surface area (Å²) in [5.74, 6) is 0. The Morgan fingerprint density at radius 1 is 0.833 bits per heavy atom. The van der Waals surface area contributed by atoms with Gasteiger partial charge in [-0.3, -0.25) is 4.84 Å². The second-order valence-corrected chi connectivity index (χ2v) is 5.03. The lowest BCUT2D eigenvalue weighted by atomic mass is 10.1. The monoisotopic (exact) mass is 255 g/mol. The van der Waals surface area contributed by atoms with Gasteiger partial charge in [-0.25, -0.2) is 5.48 Å². The van der Waals surface area contributed by atoms with Gasteiger partial charge in [0, 0.05) is 6.54 Å². The maximum absolute atomic E-state index is 5.11. The molecule has 18 heavy (non-hydrogen) atoms. The molecule has 2 heteroatoms. The Kier molecular flexibility index (Phi) is 16.3. The Morgan fingerprint density at radius 3 is 1.83 bits per heavy atom. The second-order valence-electron chi connectivity index (χ2n) is 5.03. The molecule has 0 aliphatic rings. The molecule has 0 radical (unpaired) electrons. The molecule has 0 spiro atoms. The summed E-state index contributed by atoms with van der Waals surface area (Å²) >= 11 is 0. The predicted molar refractivity (Wildman–Crippen MR) is 80.6 cm³/mol. The minimum Gasteiger partial charge on any atom is -0.298 e. The predicted octanol–water partition coefficient (Wildman–Crippen LogP) is 5.00. The summed E-state index contributed by atoms with van der Waals surface area (Å²) in [5, 5.41) is 0. The first-order valence-electron chi connectivity index (χ1n) is 7.87. The molecule has 0 fully saturated rings. The molecule has 0 rings (SSSR count). The molecule has 0 amide bonds. The molecule has 0 saturated heterocycles. The largest absolute Gasteiger partial charge is 0.298 e. The van der Waals surface area contributed by atoms with E-state index in [-0.39, 0.29) is 0 Å². The van der Waals surface area contributed by atoms with Crippen LogP contribution in [0.5, 0.6) is 0 Å². The molecule has 1 N–H and O–H groups in total. The van der Waals surface area contributed by atoms with Gasteiger partial charge in [-0.05, 0) is 6.42 Å². The lowest BCUT2D eigenvalue weighted by Crippen LogP contribution is -2.15. The minimum absolute atomic E-state index is 0.595. The third-order valence-electron chi connectivity index (χ3n) is 3.19. The average Bonchev–Trinajstić information content (AvgIpc) is 2.39. The fourth-order valence-electron chi connectivity index (χ4n) is 2.05. The molecule has 0 heterocycles. The Bertz CT molecular complexity index is 159. The van der Waals surface area contributed by atoms with Gasteiger partial charge in [-0.15, -0.1) is 6.58 Å². The summed E-state index contributed by atoms with van der Waals surface area (Å²) in [4.78, 5) is 5.11. The first-order chi connectivity index (χ1) is 8.91. The maximum atomic E-state index is 5.11. The summed E-state index contributed by atoms with van der Waals surface area (Å²) in [6, 6.07) is 0. The molecule has 0 aromatic carbocycles. The van der Waals surface area contributed by atoms with Crippen molar-refractivity contribution < 1.29 is 4.84 Å². The molecule has 0 aromatic heterocycles. The van der Waals surface area contributed by atoms with E-state index >= 15 is 0 Å². The van der Waals surface area contributed by atoms with Crippen molar-refractivity contribution >= 4 is 0 Å². The van der Waals surface area contributed by atoms with Gasteiger partial charge in [0.15, 0.2) is 0 Å². The highest BCUT2D eigenvalue weighted by Gasteiger charge is 1.93. The fourth-order valence-corrected chi connectivity index (χ4v) is 2.05. The summed E-state index contributed by atoms with van der Waals surface area (Å²) < 4.78 is 0. The van der Waals surface area contributed by atoms with E-state index in [0.717, 1.165) is 6.54 Å². The van der Waals surface area contributed by atoms with Crippen molar-refractivity contribution in [1.82, 2.24) is 5.48 Å². The van der Waals surface area contributed by atoms with E-state index in [1.165, 1.54) is 70.6 Å². The lowest BCUT2D eigenvalue weighted by molar-refractivity contribution is 0.0616. The van der Waals surface area contributed by atoms with Crippen LogP contribution in [-0.4, -0.2) is 13.2 Å². The third kappa shape index (κ3) is 15.7. The van der Waals surface area contributed by atoms with E-state index in [1.54, 1.807) is 6.08 Å². The van der Waals surface area contributed by atoms with Crippen LogP contribution in [0.4, 0.5) is 0 Å². The van der Waals surface area contributed by atoms with Crippen molar-refractivity contribution in [3.63, 3.8) is 0 Å². The Balaban J connectivity index is 2.88. The first-order valence-corrected chi connectivity index (χ1v) is 7.87. The number of hydrogen-bond donors (Lipinski definition) is 1. The molecule has 0 unspecified atom stereocenters. The molecule has 0 atom stereocenters. The highest BCUT2D eigenvalue weighted by Crippen LogP contribution is 2.10. The van der Waals surface area contributed by atoms with E-state index in [2.05, 4.69) is 19.0 Å². The van der Waals surface area contributed by atoms with E-state index in [0.29, 0.717) is 6.61 Å². The number of hydrogen-bond acceptors (Lipinski definition) is 2. The standard InChI is InChI=1S/C16H33NO/c1-3-5-6-7-8-9-10-11-12-13-14-15-17-18-16-4-2/h4,17H,2-3,5-16H2,1H3. The van der Waals surface area contributed by atoms with Crippen LogP contribution in [0.2, 0.25) is 0 Å². The third-order valence-corrected chi connectivity index (χ3v) is 3.19. The smallest absolute Gasteiger partial charge is 0.0861 e. The van der Waals surface area contributed by atoms with Gasteiger partial charge in [0.1, 0.15) is 0 Å². The van der Waals surface area contributed by atoms with E-state index < -0.39 is 0 Å². The fraction of sp³-hybridized carbons (Fsp3) is 0.875. The summed E-state index contributed by atoms with van der Waals surface area (Å²) in [7, 11) is 0. The van der Waals surface area contributed by atoms with Gasteiger partial charge >= 0.3 is 0 Å². The molecule has 0 aliphatic heterocycles. The zero-order valence-electron chi connectivity index (χ0n) is 12.4. The van der Waals surface area contributed by atoms with Crippen LogP contribution in [0, 0.1) is 0 Å². The lowest BCUT2D eigenvalue weighted by Gasteiger charge is -2.04. The van der Waals surface area contributed by atoms with Crippen LogP contribution in [0.1, 0.15) is 77.6 Å². The molecular formula is C16H33NO. The van der Waals surface area contributed by atoms with Crippen molar-refractivity contribution in [1.29, 1.82) is 0 Å². The summed E-state index contributed by atoms with van der Waals surface area (Å²) in [6.07, 6.45) is 17.0. The highest BCUT2D eigenvalue weighted by atomic mass is 16.6. The highest BCUT2D eigenvalue weighted by molar-refractivity contribution is 4.62. The number of rotatable bonds is 15. The van der Waals surface area contributed by atoms with Crippen molar-refractivity contribution in [2.45, 2.75) is 77.6 Å². The van der Waals surface area contributed by atoms with Crippen LogP contribution in [0.15, 0.2) is 12.7 Å². The molecule has 2 nitrogen and oxygen atoms in total. The maximum Gasteiger partial charge on any atom is 0.0861 e. The van der Waals surface area contributed by atoms with Crippen LogP contribution in [0.3, 0.4) is 0 Å². The molecule has 0 saturated carbocycles. The average molecular weight is 255 g/mol. The Morgan fingerprint density at radius 2 is 1.33 bits per heavy atom. The van der Waals surface area contributed by atoms with Gasteiger partial charge in [-0.2, -0.15) is 0 Å². The number of nitrogens with one attached hydrogen (secondary N) is 1. The molecule has 0 bridgehead atoms. The molecule has 0 aromatic rings. The molecule has 108 valence electrons. The Labute approximate surface area is 114 Å². The Hall–Kier alpha value is -0.340. The number of unbranched alkanes of at least 4 members (excludes halogenated alkanes) is 10. The quantitative estimate of drug-likeness (QED) is 0.252. The SMILES string of the molecule is C=CCONCCCCCCCCCCCCC. The zero-order chi connectivity index (χ0) is 13.3. The van der Waals surface area contributed by atoms with E-state index in [1.807, 2.05) is 0 Å². The molecule has 0 aliphatic carbocycles. The van der Waals surface area contributed by atoms with Crippen LogP contribution >= 0.6 is 0 Å². The van der Waals surface area contributed by atoms with E-state index in [4.69, 9.17) is 4.84 Å². The summed E-state index contributed by atoms with van der Waals surface area (Å²) in [5.41, 5.74) is 2.95. The van der Waals surface area contributed by atoms with Crippen molar-refractivity contribution in [2.24, 2.45) is 0 Å². The van der Waals surface area contributed by atoms with Crippen molar-refractivity contribution in [3.05, 3.63) is 12.7 Å². The van der Waals surface area contributed by atoms with E-state index in [9.17, 15) is 0 Å². The topological polar surface area (TPSA) is 21.3 Å².